The predicted octanol–water partition coefficient (Wildman–Crippen LogP) is 1.76. The number of hydrogen-bond donors (Lipinski definition) is 2. The number of nitrogens with one attached hydrogen (secondary N) is 2. The third-order valence-electron chi connectivity index (χ3n) is 3.53. The lowest BCUT2D eigenvalue weighted by molar-refractivity contribution is 0.262. The van der Waals surface area contributed by atoms with Crippen molar-refractivity contribution < 1.29 is 4.79 Å². The van der Waals surface area contributed by atoms with E-state index in [9.17, 15) is 4.79 Å². The Morgan fingerprint density at radius 1 is 1.30 bits per heavy atom. The molecule has 23 heavy (non-hydrogen) atoms. The van der Waals surface area contributed by atoms with Gasteiger partial charge in [0.15, 0.2) is 5.82 Å². The molecule has 1 aliphatic rings. The van der Waals surface area contributed by atoms with Crippen molar-refractivity contribution in [3.63, 3.8) is 0 Å². The number of aromatic nitrogens is 4. The van der Waals surface area contributed by atoms with Gasteiger partial charge in [-0.3, -0.25) is 10.00 Å². The standard InChI is InChI=1S/C15H21N7O/c1-21(2)7-8-22-6-5-13(20-22)19-15(23)18-12-9-16-14(17-10-12)11-3-4-11/h5-6,9-11H,3-4,7-8H2,1-2H3,(H2,18,19,20,23). The quantitative estimate of drug-likeness (QED) is 0.848. The monoisotopic (exact) mass is 315 g/mol. The van der Waals surface area contributed by atoms with Crippen LogP contribution < -0.4 is 10.6 Å². The van der Waals surface area contributed by atoms with Crippen molar-refractivity contribution >= 4 is 17.5 Å². The molecule has 2 amide bonds. The third kappa shape index (κ3) is 4.49. The molecule has 2 N–H and O–H groups in total. The van der Waals surface area contributed by atoms with Crippen molar-refractivity contribution in [3.8, 4) is 0 Å². The van der Waals surface area contributed by atoms with Gasteiger partial charge in [0, 0.05) is 24.7 Å². The molecule has 0 spiro atoms. The number of carbonyl (C=O) groups is 1. The Labute approximate surface area is 134 Å². The molecule has 0 aromatic carbocycles. The first-order chi connectivity index (χ1) is 11.1. The molecule has 0 bridgehead atoms. The minimum Gasteiger partial charge on any atom is -0.308 e. The van der Waals surface area contributed by atoms with Crippen LogP contribution in [0.5, 0.6) is 0 Å². The maximum absolute atomic E-state index is 12.0. The van der Waals surface area contributed by atoms with Crippen molar-refractivity contribution in [1.82, 2.24) is 24.6 Å². The summed E-state index contributed by atoms with van der Waals surface area (Å²) < 4.78 is 1.79. The van der Waals surface area contributed by atoms with E-state index >= 15 is 0 Å². The second-order valence-corrected chi connectivity index (χ2v) is 5.95. The molecule has 2 heterocycles. The highest BCUT2D eigenvalue weighted by molar-refractivity contribution is 5.98. The van der Waals surface area contributed by atoms with Crippen LogP contribution in [0.15, 0.2) is 24.7 Å². The van der Waals surface area contributed by atoms with E-state index in [2.05, 4.69) is 30.6 Å². The van der Waals surface area contributed by atoms with Gasteiger partial charge in [-0.05, 0) is 26.9 Å². The van der Waals surface area contributed by atoms with E-state index in [1.54, 1.807) is 23.1 Å². The molecule has 2 aromatic heterocycles. The molecule has 0 atom stereocenters. The smallest absolute Gasteiger partial charge is 0.308 e. The molecule has 0 unspecified atom stereocenters. The van der Waals surface area contributed by atoms with Gasteiger partial charge in [-0.1, -0.05) is 0 Å². The molecule has 1 saturated carbocycles. The Bertz CT molecular complexity index is 661. The number of carbonyl (C=O) groups excluding carboxylic acids is 1. The fraction of sp³-hybridized carbons (Fsp3) is 0.467. The van der Waals surface area contributed by atoms with E-state index in [0.29, 0.717) is 17.4 Å². The molecule has 0 radical (unpaired) electrons. The summed E-state index contributed by atoms with van der Waals surface area (Å²) >= 11 is 0. The molecule has 122 valence electrons. The zero-order valence-electron chi connectivity index (χ0n) is 13.4. The van der Waals surface area contributed by atoms with E-state index in [0.717, 1.165) is 31.8 Å². The maximum Gasteiger partial charge on any atom is 0.324 e. The second kappa shape index (κ2) is 6.74. The van der Waals surface area contributed by atoms with Crippen LogP contribution in [-0.4, -0.2) is 51.3 Å². The van der Waals surface area contributed by atoms with E-state index in [1.165, 1.54) is 0 Å². The lowest BCUT2D eigenvalue weighted by atomic mass is 10.4. The largest absolute Gasteiger partial charge is 0.324 e. The molecule has 0 saturated heterocycles. The highest BCUT2D eigenvalue weighted by atomic mass is 16.2. The molecular weight excluding hydrogens is 294 g/mol. The van der Waals surface area contributed by atoms with E-state index in [-0.39, 0.29) is 6.03 Å². The van der Waals surface area contributed by atoms with E-state index < -0.39 is 0 Å². The van der Waals surface area contributed by atoms with Crippen LogP contribution >= 0.6 is 0 Å². The van der Waals surface area contributed by atoms with Crippen LogP contribution in [0, 0.1) is 0 Å². The summed E-state index contributed by atoms with van der Waals surface area (Å²) in [4.78, 5) is 22.6. The average Bonchev–Trinajstić information content (AvgIpc) is 3.27. The topological polar surface area (TPSA) is 88.0 Å². The molecule has 8 nitrogen and oxygen atoms in total. The number of hydrogen-bond acceptors (Lipinski definition) is 5. The summed E-state index contributed by atoms with van der Waals surface area (Å²) in [6, 6.07) is 1.41. The molecule has 3 rings (SSSR count). The summed E-state index contributed by atoms with van der Waals surface area (Å²) in [7, 11) is 4.01. The first kappa shape index (κ1) is 15.4. The van der Waals surface area contributed by atoms with Crippen molar-refractivity contribution in [2.75, 3.05) is 31.3 Å². The van der Waals surface area contributed by atoms with Crippen LogP contribution in [0.3, 0.4) is 0 Å². The Morgan fingerprint density at radius 2 is 2.04 bits per heavy atom. The predicted molar refractivity (Wildman–Crippen MR) is 87.4 cm³/mol. The highest BCUT2D eigenvalue weighted by Crippen LogP contribution is 2.37. The summed E-state index contributed by atoms with van der Waals surface area (Å²) in [5.74, 6) is 1.87. The van der Waals surface area contributed by atoms with Gasteiger partial charge < -0.3 is 10.2 Å². The zero-order valence-corrected chi connectivity index (χ0v) is 13.4. The number of rotatable bonds is 6. The van der Waals surface area contributed by atoms with Crippen molar-refractivity contribution in [2.45, 2.75) is 25.3 Å². The lowest BCUT2D eigenvalue weighted by Gasteiger charge is -2.09. The Balaban J connectivity index is 1.50. The van der Waals surface area contributed by atoms with Gasteiger partial charge in [0.05, 0.1) is 24.6 Å². The fourth-order valence-electron chi connectivity index (χ4n) is 2.09. The minimum absolute atomic E-state index is 0.356. The van der Waals surface area contributed by atoms with Gasteiger partial charge in [0.2, 0.25) is 0 Å². The number of likely N-dealkylation sites (N-methyl/N-ethyl adjacent to an activating group) is 1. The summed E-state index contributed by atoms with van der Waals surface area (Å²) in [5, 5.41) is 9.70. The third-order valence-corrected chi connectivity index (χ3v) is 3.53. The second-order valence-electron chi connectivity index (χ2n) is 5.95. The fourth-order valence-corrected chi connectivity index (χ4v) is 2.09. The van der Waals surface area contributed by atoms with Gasteiger partial charge in [-0.15, -0.1) is 0 Å². The molecule has 1 aliphatic carbocycles. The van der Waals surface area contributed by atoms with Crippen molar-refractivity contribution in [1.29, 1.82) is 0 Å². The van der Waals surface area contributed by atoms with E-state index in [1.807, 2.05) is 20.3 Å². The lowest BCUT2D eigenvalue weighted by Crippen LogP contribution is -2.21. The van der Waals surface area contributed by atoms with Gasteiger partial charge in [0.25, 0.3) is 0 Å². The average molecular weight is 315 g/mol. The minimum atomic E-state index is -0.356. The number of nitrogens with zero attached hydrogens (tertiary/aromatic N) is 5. The van der Waals surface area contributed by atoms with Crippen molar-refractivity contribution in [3.05, 3.63) is 30.5 Å². The number of anilines is 2. The Kier molecular flexibility index (Phi) is 4.52. The van der Waals surface area contributed by atoms with Crippen LogP contribution in [0.2, 0.25) is 0 Å². The summed E-state index contributed by atoms with van der Waals surface area (Å²) in [6.45, 7) is 1.66. The number of urea groups is 1. The molecular formula is C15H21N7O. The summed E-state index contributed by atoms with van der Waals surface area (Å²) in [6.07, 6.45) is 7.42. The molecule has 8 heteroatoms. The summed E-state index contributed by atoms with van der Waals surface area (Å²) in [5.41, 5.74) is 0.568. The van der Waals surface area contributed by atoms with E-state index in [4.69, 9.17) is 0 Å². The first-order valence-corrected chi connectivity index (χ1v) is 7.68. The normalized spacial score (nSPS) is 14.0. The SMILES string of the molecule is CN(C)CCn1ccc(NC(=O)Nc2cnc(C3CC3)nc2)n1. The molecule has 2 aromatic rings. The highest BCUT2D eigenvalue weighted by Gasteiger charge is 2.26. The van der Waals surface area contributed by atoms with Gasteiger partial charge in [0.1, 0.15) is 5.82 Å². The van der Waals surface area contributed by atoms with Crippen LogP contribution in [0.1, 0.15) is 24.6 Å². The zero-order chi connectivity index (χ0) is 16.2. The van der Waals surface area contributed by atoms with Crippen LogP contribution in [0.4, 0.5) is 16.3 Å². The van der Waals surface area contributed by atoms with Gasteiger partial charge in [-0.2, -0.15) is 5.10 Å². The number of amides is 2. The Morgan fingerprint density at radius 3 is 2.70 bits per heavy atom. The van der Waals surface area contributed by atoms with Gasteiger partial charge in [-0.25, -0.2) is 14.8 Å². The van der Waals surface area contributed by atoms with Gasteiger partial charge >= 0.3 is 6.03 Å². The Hall–Kier alpha value is -2.48. The molecule has 1 fully saturated rings. The molecule has 0 aliphatic heterocycles. The van der Waals surface area contributed by atoms with Crippen molar-refractivity contribution in [2.24, 2.45) is 0 Å². The van der Waals surface area contributed by atoms with Crippen LogP contribution in [0.25, 0.3) is 0 Å². The van der Waals surface area contributed by atoms with Crippen LogP contribution in [-0.2, 0) is 6.54 Å². The first-order valence-electron chi connectivity index (χ1n) is 7.68. The maximum atomic E-state index is 12.0.